The first-order valence-electron chi connectivity index (χ1n) is 5.84. The van der Waals surface area contributed by atoms with Crippen LogP contribution in [0.25, 0.3) is 0 Å². The van der Waals surface area contributed by atoms with Crippen molar-refractivity contribution < 1.29 is 17.9 Å². The predicted octanol–water partition coefficient (Wildman–Crippen LogP) is 2.01. The van der Waals surface area contributed by atoms with Crippen molar-refractivity contribution in [1.82, 2.24) is 4.90 Å². The molecule has 0 aromatic carbocycles. The third kappa shape index (κ3) is 6.24. The summed E-state index contributed by atoms with van der Waals surface area (Å²) in [4.78, 5) is 1.22. The van der Waals surface area contributed by atoms with Gasteiger partial charge in [0, 0.05) is 12.6 Å². The molecule has 0 aliphatic heterocycles. The van der Waals surface area contributed by atoms with Crippen molar-refractivity contribution in [3.05, 3.63) is 0 Å². The molecule has 0 aliphatic carbocycles. The monoisotopic (exact) mass is 256 g/mol. The largest absolute Gasteiger partial charge is 0.405 e. The van der Waals surface area contributed by atoms with E-state index >= 15 is 0 Å². The van der Waals surface area contributed by atoms with Crippen molar-refractivity contribution in [2.45, 2.75) is 51.6 Å². The van der Waals surface area contributed by atoms with E-state index in [0.29, 0.717) is 6.42 Å². The second-order valence-electron chi connectivity index (χ2n) is 4.46. The third-order valence-corrected chi connectivity index (χ3v) is 2.58. The maximum atomic E-state index is 12.8. The number of alkyl halides is 3. The van der Waals surface area contributed by atoms with Gasteiger partial charge in [-0.2, -0.15) is 13.2 Å². The normalized spacial score (nSPS) is 16.6. The van der Waals surface area contributed by atoms with Crippen LogP contribution in [0.4, 0.5) is 13.2 Å². The molecule has 0 aromatic rings. The maximum Gasteiger partial charge on any atom is 0.405 e. The Morgan fingerprint density at radius 2 is 1.82 bits per heavy atom. The fraction of sp³-hybridized carbons (Fsp3) is 1.00. The molecule has 2 N–H and O–H groups in total. The lowest BCUT2D eigenvalue weighted by Crippen LogP contribution is -2.55. The topological polar surface area (TPSA) is 38.5 Å². The number of likely N-dealkylation sites (N-methyl/N-ethyl adjacent to an activating group) is 1. The molecule has 0 rings (SSSR count). The van der Waals surface area contributed by atoms with Gasteiger partial charge >= 0.3 is 6.18 Å². The fourth-order valence-electron chi connectivity index (χ4n) is 1.61. The SMILES string of the molecule is CCC(N)C(N(C)CCOC(C)C)C(F)(F)F. The van der Waals surface area contributed by atoms with E-state index in [9.17, 15) is 13.2 Å². The van der Waals surface area contributed by atoms with Crippen LogP contribution < -0.4 is 5.73 Å². The summed E-state index contributed by atoms with van der Waals surface area (Å²) in [5.74, 6) is 0. The van der Waals surface area contributed by atoms with Crippen molar-refractivity contribution in [3.63, 3.8) is 0 Å². The number of nitrogens with two attached hydrogens (primary N) is 1. The molecule has 3 nitrogen and oxygen atoms in total. The van der Waals surface area contributed by atoms with Gasteiger partial charge in [-0.3, -0.25) is 4.90 Å². The van der Waals surface area contributed by atoms with Gasteiger partial charge in [-0.05, 0) is 27.3 Å². The van der Waals surface area contributed by atoms with E-state index in [4.69, 9.17) is 10.5 Å². The van der Waals surface area contributed by atoms with Crippen LogP contribution in [0.15, 0.2) is 0 Å². The smallest absolute Gasteiger partial charge is 0.377 e. The van der Waals surface area contributed by atoms with Crippen LogP contribution >= 0.6 is 0 Å². The zero-order valence-corrected chi connectivity index (χ0v) is 10.9. The molecular weight excluding hydrogens is 233 g/mol. The van der Waals surface area contributed by atoms with Gasteiger partial charge in [-0.1, -0.05) is 6.92 Å². The summed E-state index contributed by atoms with van der Waals surface area (Å²) in [7, 11) is 1.43. The average Bonchev–Trinajstić information content (AvgIpc) is 2.14. The highest BCUT2D eigenvalue weighted by molar-refractivity contribution is 4.86. The van der Waals surface area contributed by atoms with E-state index in [1.54, 1.807) is 6.92 Å². The molecule has 0 amide bonds. The second-order valence-corrected chi connectivity index (χ2v) is 4.46. The minimum absolute atomic E-state index is 0.0209. The lowest BCUT2D eigenvalue weighted by molar-refractivity contribution is -0.187. The number of nitrogens with zero attached hydrogens (tertiary/aromatic N) is 1. The van der Waals surface area contributed by atoms with Gasteiger partial charge in [-0.15, -0.1) is 0 Å². The van der Waals surface area contributed by atoms with E-state index in [1.165, 1.54) is 11.9 Å². The summed E-state index contributed by atoms with van der Waals surface area (Å²) >= 11 is 0. The molecule has 0 radical (unpaired) electrons. The molecule has 2 unspecified atom stereocenters. The van der Waals surface area contributed by atoms with Crippen molar-refractivity contribution >= 4 is 0 Å². The summed E-state index contributed by atoms with van der Waals surface area (Å²) < 4.78 is 43.7. The van der Waals surface area contributed by atoms with Gasteiger partial charge in [0.1, 0.15) is 6.04 Å². The van der Waals surface area contributed by atoms with Crippen molar-refractivity contribution in [2.75, 3.05) is 20.2 Å². The average molecular weight is 256 g/mol. The molecule has 104 valence electrons. The standard InChI is InChI=1S/C11H23F3N2O/c1-5-9(15)10(11(12,13)14)16(4)6-7-17-8(2)3/h8-10H,5-7,15H2,1-4H3. The Labute approximate surface area is 101 Å². The van der Waals surface area contributed by atoms with Gasteiger partial charge in [0.25, 0.3) is 0 Å². The Balaban J connectivity index is 4.39. The van der Waals surface area contributed by atoms with Gasteiger partial charge in [-0.25, -0.2) is 0 Å². The van der Waals surface area contributed by atoms with Gasteiger partial charge in [0.2, 0.25) is 0 Å². The quantitative estimate of drug-likeness (QED) is 0.757. The van der Waals surface area contributed by atoms with Crippen LogP contribution in [0.2, 0.25) is 0 Å². The Morgan fingerprint density at radius 3 is 2.18 bits per heavy atom. The number of rotatable bonds is 7. The number of halogens is 3. The number of ether oxygens (including phenoxy) is 1. The highest BCUT2D eigenvalue weighted by atomic mass is 19.4. The zero-order chi connectivity index (χ0) is 13.6. The lowest BCUT2D eigenvalue weighted by Gasteiger charge is -2.33. The first-order valence-corrected chi connectivity index (χ1v) is 5.84. The maximum absolute atomic E-state index is 12.8. The Morgan fingerprint density at radius 1 is 1.29 bits per heavy atom. The molecular formula is C11H23F3N2O. The molecule has 0 heterocycles. The summed E-state index contributed by atoms with van der Waals surface area (Å²) in [6, 6.07) is -2.51. The van der Waals surface area contributed by atoms with Crippen LogP contribution in [-0.4, -0.2) is 49.5 Å². The van der Waals surface area contributed by atoms with Crippen LogP contribution in [0.5, 0.6) is 0 Å². The van der Waals surface area contributed by atoms with Crippen LogP contribution in [0.3, 0.4) is 0 Å². The Kier molecular flexibility index (Phi) is 7.04. The minimum Gasteiger partial charge on any atom is -0.377 e. The Bertz CT molecular complexity index is 209. The van der Waals surface area contributed by atoms with Crippen molar-refractivity contribution in [1.29, 1.82) is 0 Å². The molecule has 0 spiro atoms. The van der Waals surface area contributed by atoms with Crippen molar-refractivity contribution in [3.8, 4) is 0 Å². The minimum atomic E-state index is -4.30. The van der Waals surface area contributed by atoms with E-state index in [-0.39, 0.29) is 19.3 Å². The van der Waals surface area contributed by atoms with E-state index < -0.39 is 18.3 Å². The number of hydrogen-bond donors (Lipinski definition) is 1. The Hall–Kier alpha value is -0.330. The van der Waals surface area contributed by atoms with Crippen LogP contribution in [0, 0.1) is 0 Å². The van der Waals surface area contributed by atoms with Crippen LogP contribution in [-0.2, 0) is 4.74 Å². The second kappa shape index (κ2) is 7.18. The number of hydrogen-bond acceptors (Lipinski definition) is 3. The zero-order valence-electron chi connectivity index (χ0n) is 10.9. The first-order chi connectivity index (χ1) is 7.70. The fourth-order valence-corrected chi connectivity index (χ4v) is 1.61. The molecule has 0 saturated heterocycles. The van der Waals surface area contributed by atoms with Gasteiger partial charge in [0.15, 0.2) is 0 Å². The summed E-state index contributed by atoms with van der Waals surface area (Å²) in [5.41, 5.74) is 5.53. The van der Waals surface area contributed by atoms with Crippen LogP contribution in [0.1, 0.15) is 27.2 Å². The lowest BCUT2D eigenvalue weighted by atomic mass is 10.1. The molecule has 0 saturated carbocycles. The van der Waals surface area contributed by atoms with Gasteiger partial charge < -0.3 is 10.5 Å². The third-order valence-electron chi connectivity index (χ3n) is 2.58. The van der Waals surface area contributed by atoms with E-state index in [1.807, 2.05) is 13.8 Å². The van der Waals surface area contributed by atoms with Crippen molar-refractivity contribution in [2.24, 2.45) is 5.73 Å². The highest BCUT2D eigenvalue weighted by Crippen LogP contribution is 2.26. The summed E-state index contributed by atoms with van der Waals surface area (Å²) in [6.45, 7) is 5.84. The summed E-state index contributed by atoms with van der Waals surface area (Å²) in [5, 5.41) is 0. The molecule has 0 fully saturated rings. The van der Waals surface area contributed by atoms with E-state index in [0.717, 1.165) is 0 Å². The summed E-state index contributed by atoms with van der Waals surface area (Å²) in [6.07, 6.45) is -3.99. The first kappa shape index (κ1) is 16.7. The molecule has 6 heteroatoms. The molecule has 17 heavy (non-hydrogen) atoms. The molecule has 0 aromatic heterocycles. The molecule has 2 atom stereocenters. The highest BCUT2D eigenvalue weighted by Gasteiger charge is 2.45. The predicted molar refractivity (Wildman–Crippen MR) is 61.8 cm³/mol. The molecule has 0 bridgehead atoms. The van der Waals surface area contributed by atoms with Gasteiger partial charge in [0.05, 0.1) is 12.7 Å². The van der Waals surface area contributed by atoms with E-state index in [2.05, 4.69) is 0 Å². The molecule has 0 aliphatic rings.